The van der Waals surface area contributed by atoms with Crippen molar-refractivity contribution in [1.82, 2.24) is 0 Å². The van der Waals surface area contributed by atoms with Gasteiger partial charge < -0.3 is 14.5 Å². The fraction of sp³-hybridized carbons (Fsp3) is 0.308. The molecule has 0 heterocycles. The van der Waals surface area contributed by atoms with E-state index in [9.17, 15) is 9.36 Å². The van der Waals surface area contributed by atoms with Gasteiger partial charge in [0.15, 0.2) is 0 Å². The van der Waals surface area contributed by atoms with Crippen molar-refractivity contribution in [2.45, 2.75) is 13.8 Å². The number of rotatable bonds is 5. The molecule has 0 aliphatic heterocycles. The molecule has 0 bridgehead atoms. The molecule has 1 rings (SSSR count). The Morgan fingerprint density at radius 3 is 2.37 bits per heavy atom. The summed E-state index contributed by atoms with van der Waals surface area (Å²) in [7, 11) is -4.04. The van der Waals surface area contributed by atoms with Gasteiger partial charge in [0.1, 0.15) is 0 Å². The van der Waals surface area contributed by atoms with Crippen LogP contribution >= 0.6 is 7.60 Å². The van der Waals surface area contributed by atoms with Gasteiger partial charge in [-0.1, -0.05) is 23.8 Å². The molecule has 1 aromatic rings. The minimum absolute atomic E-state index is 0.271. The first-order chi connectivity index (χ1) is 8.81. The lowest BCUT2D eigenvalue weighted by atomic mass is 10.1. The van der Waals surface area contributed by atoms with Gasteiger partial charge in [0.05, 0.1) is 18.3 Å². The second-order valence-corrected chi connectivity index (χ2v) is 5.80. The molecule has 6 heteroatoms. The first kappa shape index (κ1) is 15.6. The van der Waals surface area contributed by atoms with E-state index in [0.717, 1.165) is 5.56 Å². The molecule has 0 unspecified atom stereocenters. The zero-order valence-electron chi connectivity index (χ0n) is 10.9. The summed E-state index contributed by atoms with van der Waals surface area (Å²) in [6.07, 6.45) is 1.40. The molecular formula is C13H17O5P. The van der Waals surface area contributed by atoms with Crippen LogP contribution in [0.1, 0.15) is 29.8 Å². The lowest BCUT2D eigenvalue weighted by Crippen LogP contribution is -2.04. The summed E-state index contributed by atoms with van der Waals surface area (Å²) in [5.41, 5.74) is 1.81. The Morgan fingerprint density at radius 1 is 1.32 bits per heavy atom. The van der Waals surface area contributed by atoms with Crippen molar-refractivity contribution in [2.75, 3.05) is 12.8 Å². The highest BCUT2D eigenvalue weighted by Gasteiger charge is 2.13. The molecule has 0 fully saturated rings. The van der Waals surface area contributed by atoms with Gasteiger partial charge >= 0.3 is 13.6 Å². The van der Waals surface area contributed by atoms with E-state index in [4.69, 9.17) is 14.5 Å². The van der Waals surface area contributed by atoms with Crippen molar-refractivity contribution in [3.8, 4) is 0 Å². The number of carbonyl (C=O) groups is 1. The summed E-state index contributed by atoms with van der Waals surface area (Å²) in [6.45, 7) is 3.71. The Kier molecular flexibility index (Phi) is 5.48. The van der Waals surface area contributed by atoms with Crippen LogP contribution in [0.2, 0.25) is 0 Å². The second kappa shape index (κ2) is 6.66. The molecule has 104 valence electrons. The third kappa shape index (κ3) is 5.83. The third-order valence-corrected chi connectivity index (χ3v) is 3.20. The first-order valence-electron chi connectivity index (χ1n) is 5.81. The van der Waals surface area contributed by atoms with Crippen LogP contribution in [-0.4, -0.2) is 28.5 Å². The molecule has 0 saturated carbocycles. The molecule has 0 amide bonds. The maximum atomic E-state index is 11.4. The lowest BCUT2D eigenvalue weighted by molar-refractivity contribution is 0.0526. The number of carbonyl (C=O) groups excluding carboxylic acids is 1. The highest BCUT2D eigenvalue weighted by molar-refractivity contribution is 7.52. The van der Waals surface area contributed by atoms with E-state index in [1.54, 1.807) is 44.2 Å². The fourth-order valence-corrected chi connectivity index (χ4v) is 2.33. The maximum Gasteiger partial charge on any atom is 0.338 e. The number of hydrogen-bond donors (Lipinski definition) is 2. The van der Waals surface area contributed by atoms with Gasteiger partial charge in [-0.05, 0) is 31.5 Å². The van der Waals surface area contributed by atoms with Crippen LogP contribution in [0.5, 0.6) is 0 Å². The predicted molar refractivity (Wildman–Crippen MR) is 73.0 cm³/mol. The molecule has 0 spiro atoms. The van der Waals surface area contributed by atoms with Crippen molar-refractivity contribution in [3.63, 3.8) is 0 Å². The van der Waals surface area contributed by atoms with E-state index in [1.165, 1.54) is 0 Å². The van der Waals surface area contributed by atoms with Crippen LogP contribution in [-0.2, 0) is 9.30 Å². The van der Waals surface area contributed by atoms with E-state index in [2.05, 4.69) is 0 Å². The zero-order chi connectivity index (χ0) is 14.5. The predicted octanol–water partition coefficient (Wildman–Crippen LogP) is 2.44. The molecule has 0 radical (unpaired) electrons. The van der Waals surface area contributed by atoms with E-state index in [1.807, 2.05) is 0 Å². The SMILES string of the molecule is CCOC(=O)c1ccc(C=C(C)CP(=O)(O)O)cc1. The largest absolute Gasteiger partial charge is 0.462 e. The average molecular weight is 284 g/mol. The Labute approximate surface area is 112 Å². The Hall–Kier alpha value is -1.42. The van der Waals surface area contributed by atoms with Crippen molar-refractivity contribution in [3.05, 3.63) is 41.0 Å². The quantitative estimate of drug-likeness (QED) is 0.641. The Bertz CT molecular complexity index is 512. The van der Waals surface area contributed by atoms with E-state index in [0.29, 0.717) is 17.7 Å². The van der Waals surface area contributed by atoms with Crippen LogP contribution in [0, 0.1) is 0 Å². The van der Waals surface area contributed by atoms with Crippen molar-refractivity contribution in [2.24, 2.45) is 0 Å². The summed E-state index contributed by atoms with van der Waals surface area (Å²) in [5, 5.41) is 0. The number of allylic oxidation sites excluding steroid dienone is 1. The fourth-order valence-electron chi connectivity index (χ4n) is 1.58. The van der Waals surface area contributed by atoms with Gasteiger partial charge in [-0.15, -0.1) is 0 Å². The zero-order valence-corrected chi connectivity index (χ0v) is 11.8. The van der Waals surface area contributed by atoms with Crippen LogP contribution in [0.3, 0.4) is 0 Å². The van der Waals surface area contributed by atoms with Crippen molar-refractivity contribution in [1.29, 1.82) is 0 Å². The molecule has 0 aromatic heterocycles. The number of esters is 1. The highest BCUT2D eigenvalue weighted by Crippen LogP contribution is 2.36. The van der Waals surface area contributed by atoms with Gasteiger partial charge in [-0.25, -0.2) is 4.79 Å². The summed E-state index contributed by atoms with van der Waals surface area (Å²) in [4.78, 5) is 29.1. The topological polar surface area (TPSA) is 83.8 Å². The van der Waals surface area contributed by atoms with Gasteiger partial charge in [-0.2, -0.15) is 0 Å². The monoisotopic (exact) mass is 284 g/mol. The Balaban J connectivity index is 2.79. The molecule has 2 N–H and O–H groups in total. The number of ether oxygens (including phenoxy) is 1. The summed E-state index contributed by atoms with van der Waals surface area (Å²) in [6, 6.07) is 6.65. The molecule has 0 atom stereocenters. The van der Waals surface area contributed by atoms with E-state index < -0.39 is 7.60 Å². The molecule has 0 saturated heterocycles. The van der Waals surface area contributed by atoms with Gasteiger partial charge in [0.25, 0.3) is 0 Å². The standard InChI is InChI=1S/C13H17O5P/c1-3-18-13(14)12-6-4-11(5-7-12)8-10(2)9-19(15,16)17/h4-8H,3,9H2,1-2H3,(H2,15,16,17). The minimum Gasteiger partial charge on any atom is -0.462 e. The van der Waals surface area contributed by atoms with Crippen LogP contribution in [0.4, 0.5) is 0 Å². The highest BCUT2D eigenvalue weighted by atomic mass is 31.2. The van der Waals surface area contributed by atoms with E-state index in [-0.39, 0.29) is 12.1 Å². The van der Waals surface area contributed by atoms with Crippen molar-refractivity contribution >= 4 is 19.6 Å². The average Bonchev–Trinajstić information content (AvgIpc) is 2.27. The normalized spacial score (nSPS) is 12.3. The maximum absolute atomic E-state index is 11.4. The second-order valence-electron chi connectivity index (χ2n) is 4.16. The molecular weight excluding hydrogens is 267 g/mol. The third-order valence-electron chi connectivity index (χ3n) is 2.29. The van der Waals surface area contributed by atoms with Crippen LogP contribution in [0.15, 0.2) is 29.8 Å². The Morgan fingerprint density at radius 2 is 1.89 bits per heavy atom. The molecule has 0 aliphatic carbocycles. The summed E-state index contributed by atoms with van der Waals surface area (Å²) >= 11 is 0. The summed E-state index contributed by atoms with van der Waals surface area (Å²) in [5.74, 6) is -0.384. The lowest BCUT2D eigenvalue weighted by Gasteiger charge is -2.05. The number of hydrogen-bond acceptors (Lipinski definition) is 3. The first-order valence-corrected chi connectivity index (χ1v) is 7.60. The molecule has 5 nitrogen and oxygen atoms in total. The van der Waals surface area contributed by atoms with Crippen LogP contribution in [0.25, 0.3) is 6.08 Å². The molecule has 0 aliphatic rings. The molecule has 19 heavy (non-hydrogen) atoms. The van der Waals surface area contributed by atoms with Crippen LogP contribution < -0.4 is 0 Å². The van der Waals surface area contributed by atoms with Gasteiger partial charge in [0, 0.05) is 0 Å². The minimum atomic E-state index is -4.04. The number of benzene rings is 1. The van der Waals surface area contributed by atoms with Gasteiger partial charge in [0.2, 0.25) is 0 Å². The molecule has 1 aromatic carbocycles. The van der Waals surface area contributed by atoms with Crippen molar-refractivity contribution < 1.29 is 23.9 Å². The smallest absolute Gasteiger partial charge is 0.338 e. The van der Waals surface area contributed by atoms with E-state index >= 15 is 0 Å². The summed E-state index contributed by atoms with van der Waals surface area (Å²) < 4.78 is 15.7. The van der Waals surface area contributed by atoms with Gasteiger partial charge in [-0.3, -0.25) is 4.57 Å².